The lowest BCUT2D eigenvalue weighted by molar-refractivity contribution is 0.0203. The van der Waals surface area contributed by atoms with Gasteiger partial charge < -0.3 is 20.1 Å². The van der Waals surface area contributed by atoms with Crippen LogP contribution in [0.4, 0.5) is 0 Å². The summed E-state index contributed by atoms with van der Waals surface area (Å²) in [6.07, 6.45) is 5.05. The molecule has 0 unspecified atom stereocenters. The molecule has 2 N–H and O–H groups in total. The molecular weight excluding hydrogens is 380 g/mol. The number of nitrogens with one attached hydrogen (secondary N) is 2. The normalized spacial score (nSPS) is 15.4. The predicted molar refractivity (Wildman–Crippen MR) is 118 cm³/mol. The van der Waals surface area contributed by atoms with Gasteiger partial charge in [0, 0.05) is 58.5 Å². The molecule has 164 valence electrons. The van der Waals surface area contributed by atoms with Crippen molar-refractivity contribution < 1.29 is 9.47 Å². The van der Waals surface area contributed by atoms with Crippen molar-refractivity contribution in [3.63, 3.8) is 0 Å². The molecule has 2 aromatic heterocycles. The van der Waals surface area contributed by atoms with Crippen LogP contribution in [0, 0.1) is 19.8 Å². The first-order chi connectivity index (χ1) is 14.7. The molecule has 3 heterocycles. The number of hydrogen-bond acceptors (Lipinski definition) is 5. The van der Waals surface area contributed by atoms with Gasteiger partial charge in [-0.1, -0.05) is 6.07 Å². The van der Waals surface area contributed by atoms with E-state index in [1.54, 1.807) is 7.05 Å². The van der Waals surface area contributed by atoms with E-state index in [-0.39, 0.29) is 0 Å². The number of pyridine rings is 1. The van der Waals surface area contributed by atoms with Gasteiger partial charge in [-0.05, 0) is 56.7 Å². The van der Waals surface area contributed by atoms with E-state index in [2.05, 4.69) is 31.8 Å². The fraction of sp³-hybridized carbons (Fsp3) is 0.591. The van der Waals surface area contributed by atoms with Crippen LogP contribution in [-0.4, -0.2) is 60.7 Å². The lowest BCUT2D eigenvalue weighted by Crippen LogP contribution is -2.37. The molecule has 0 amide bonds. The third-order valence-corrected chi connectivity index (χ3v) is 5.17. The van der Waals surface area contributed by atoms with Crippen LogP contribution >= 0.6 is 0 Å². The van der Waals surface area contributed by atoms with Crippen LogP contribution in [-0.2, 0) is 16.0 Å². The Morgan fingerprint density at radius 1 is 1.27 bits per heavy atom. The molecule has 30 heavy (non-hydrogen) atoms. The molecule has 1 aliphatic heterocycles. The summed E-state index contributed by atoms with van der Waals surface area (Å²) in [6.45, 7) is 8.85. The van der Waals surface area contributed by atoms with E-state index < -0.39 is 0 Å². The highest BCUT2D eigenvalue weighted by molar-refractivity contribution is 5.79. The second-order valence-corrected chi connectivity index (χ2v) is 7.70. The molecular formula is C22H34N6O2. The molecule has 0 spiro atoms. The molecule has 8 nitrogen and oxygen atoms in total. The molecule has 1 saturated heterocycles. The van der Waals surface area contributed by atoms with E-state index in [4.69, 9.17) is 9.47 Å². The molecule has 8 heteroatoms. The third kappa shape index (κ3) is 6.81. The van der Waals surface area contributed by atoms with Crippen LogP contribution in [0.15, 0.2) is 29.4 Å². The maximum absolute atomic E-state index is 5.80. The van der Waals surface area contributed by atoms with Gasteiger partial charge in [-0.2, -0.15) is 5.10 Å². The fourth-order valence-electron chi connectivity index (χ4n) is 3.46. The minimum absolute atomic E-state index is 0.655. The Balaban J connectivity index is 1.33. The number of nitrogens with zero attached hydrogens (tertiary/aromatic N) is 4. The van der Waals surface area contributed by atoms with Crippen LogP contribution in [0.2, 0.25) is 0 Å². The number of aryl methyl sites for hydroxylation is 2. The molecule has 0 aliphatic carbocycles. The topological polar surface area (TPSA) is 85.6 Å². The SMILES string of the molecule is CN=C(NCCCOCC1CCOCC1)NCc1ccc(-n2nc(C)cc2C)nc1. The van der Waals surface area contributed by atoms with Crippen LogP contribution in [0.3, 0.4) is 0 Å². The zero-order valence-corrected chi connectivity index (χ0v) is 18.4. The number of guanidine groups is 1. The molecule has 0 aromatic carbocycles. The van der Waals surface area contributed by atoms with Crippen molar-refractivity contribution in [2.45, 2.75) is 39.7 Å². The summed E-state index contributed by atoms with van der Waals surface area (Å²) in [7, 11) is 1.78. The van der Waals surface area contributed by atoms with Gasteiger partial charge in [0.25, 0.3) is 0 Å². The second kappa shape index (κ2) is 11.7. The van der Waals surface area contributed by atoms with Gasteiger partial charge in [-0.3, -0.25) is 4.99 Å². The van der Waals surface area contributed by atoms with Gasteiger partial charge in [-0.15, -0.1) is 0 Å². The molecule has 0 bridgehead atoms. The van der Waals surface area contributed by atoms with Crippen LogP contribution < -0.4 is 10.6 Å². The number of hydrogen-bond donors (Lipinski definition) is 2. The van der Waals surface area contributed by atoms with Crippen LogP contribution in [0.25, 0.3) is 5.82 Å². The molecule has 0 radical (unpaired) electrons. The van der Waals surface area contributed by atoms with Crippen LogP contribution in [0.5, 0.6) is 0 Å². The molecule has 3 rings (SSSR count). The highest BCUT2D eigenvalue weighted by Crippen LogP contribution is 2.14. The Morgan fingerprint density at radius 3 is 2.77 bits per heavy atom. The average molecular weight is 415 g/mol. The number of rotatable bonds is 9. The van der Waals surface area contributed by atoms with E-state index in [1.165, 1.54) is 0 Å². The zero-order valence-electron chi connectivity index (χ0n) is 18.4. The van der Waals surface area contributed by atoms with Gasteiger partial charge in [0.15, 0.2) is 11.8 Å². The van der Waals surface area contributed by atoms with Crippen molar-refractivity contribution in [3.05, 3.63) is 41.3 Å². The minimum Gasteiger partial charge on any atom is -0.381 e. The highest BCUT2D eigenvalue weighted by atomic mass is 16.5. The second-order valence-electron chi connectivity index (χ2n) is 7.70. The number of aromatic nitrogens is 3. The molecule has 0 atom stereocenters. The Bertz CT molecular complexity index is 796. The van der Waals surface area contributed by atoms with Crippen molar-refractivity contribution in [1.82, 2.24) is 25.4 Å². The third-order valence-electron chi connectivity index (χ3n) is 5.17. The first kappa shape index (κ1) is 22.2. The molecule has 0 saturated carbocycles. The van der Waals surface area contributed by atoms with E-state index in [0.717, 1.165) is 81.0 Å². The summed E-state index contributed by atoms with van der Waals surface area (Å²) in [6, 6.07) is 6.09. The van der Waals surface area contributed by atoms with Crippen molar-refractivity contribution in [2.24, 2.45) is 10.9 Å². The summed E-state index contributed by atoms with van der Waals surface area (Å²) in [4.78, 5) is 8.82. The van der Waals surface area contributed by atoms with Crippen molar-refractivity contribution in [2.75, 3.05) is 40.0 Å². The minimum atomic E-state index is 0.655. The quantitative estimate of drug-likeness (QED) is 0.372. The van der Waals surface area contributed by atoms with Gasteiger partial charge >= 0.3 is 0 Å². The molecule has 1 aliphatic rings. The van der Waals surface area contributed by atoms with E-state index in [0.29, 0.717) is 12.5 Å². The predicted octanol–water partition coefficient (Wildman–Crippen LogP) is 2.38. The summed E-state index contributed by atoms with van der Waals surface area (Å²) < 4.78 is 13.0. The summed E-state index contributed by atoms with van der Waals surface area (Å²) in [5.74, 6) is 2.26. The monoisotopic (exact) mass is 414 g/mol. The van der Waals surface area contributed by atoms with Gasteiger partial charge in [-0.25, -0.2) is 9.67 Å². The van der Waals surface area contributed by atoms with Gasteiger partial charge in [0.1, 0.15) is 0 Å². The maximum atomic E-state index is 5.80. The highest BCUT2D eigenvalue weighted by Gasteiger charge is 2.13. The Labute approximate surface area is 179 Å². The first-order valence-corrected chi connectivity index (χ1v) is 10.7. The summed E-state index contributed by atoms with van der Waals surface area (Å²) >= 11 is 0. The maximum Gasteiger partial charge on any atom is 0.191 e. The Hall–Kier alpha value is -2.45. The van der Waals surface area contributed by atoms with Gasteiger partial charge in [0.2, 0.25) is 0 Å². The van der Waals surface area contributed by atoms with Crippen LogP contribution in [0.1, 0.15) is 36.2 Å². The van der Waals surface area contributed by atoms with E-state index >= 15 is 0 Å². The van der Waals surface area contributed by atoms with Crippen molar-refractivity contribution >= 4 is 5.96 Å². The van der Waals surface area contributed by atoms with Crippen molar-refractivity contribution in [3.8, 4) is 5.82 Å². The largest absolute Gasteiger partial charge is 0.381 e. The van der Waals surface area contributed by atoms with Gasteiger partial charge in [0.05, 0.1) is 5.69 Å². The number of aliphatic imine (C=N–C) groups is 1. The molecule has 2 aromatic rings. The summed E-state index contributed by atoms with van der Waals surface area (Å²) in [5, 5.41) is 11.1. The lowest BCUT2D eigenvalue weighted by Gasteiger charge is -2.21. The fourth-order valence-corrected chi connectivity index (χ4v) is 3.46. The zero-order chi connectivity index (χ0) is 21.2. The Morgan fingerprint density at radius 2 is 2.10 bits per heavy atom. The molecule has 1 fully saturated rings. The summed E-state index contributed by atoms with van der Waals surface area (Å²) in [5.41, 5.74) is 3.15. The standard InChI is InChI=1S/C22H34N6O2/c1-17-13-18(2)28(27-17)21-6-5-20(14-25-21)15-26-22(23-3)24-9-4-10-30-16-19-7-11-29-12-8-19/h5-6,13-14,19H,4,7-12,15-16H2,1-3H3,(H2,23,24,26). The average Bonchev–Trinajstić information content (AvgIpc) is 3.11. The number of ether oxygens (including phenoxy) is 2. The van der Waals surface area contributed by atoms with Crippen molar-refractivity contribution in [1.29, 1.82) is 0 Å². The lowest BCUT2D eigenvalue weighted by atomic mass is 10.0. The smallest absolute Gasteiger partial charge is 0.191 e. The van der Waals surface area contributed by atoms with E-state index in [1.807, 2.05) is 36.9 Å². The first-order valence-electron chi connectivity index (χ1n) is 10.7. The van der Waals surface area contributed by atoms with E-state index in [9.17, 15) is 0 Å². The Kier molecular flexibility index (Phi) is 8.65.